The molecule has 3 rings (SSSR count). The number of nitrogens with one attached hydrogen (secondary N) is 1. The van der Waals surface area contributed by atoms with E-state index >= 15 is 0 Å². The van der Waals surface area contributed by atoms with Crippen LogP contribution in [0, 0.1) is 0 Å². The van der Waals surface area contributed by atoms with Gasteiger partial charge in [-0.25, -0.2) is 4.98 Å². The van der Waals surface area contributed by atoms with E-state index in [1.165, 1.54) is 18.8 Å². The zero-order valence-corrected chi connectivity index (χ0v) is 12.3. The second kappa shape index (κ2) is 5.81. The molecule has 0 aromatic carbocycles. The Kier molecular flexibility index (Phi) is 3.89. The third kappa shape index (κ3) is 2.64. The molecule has 0 bridgehead atoms. The van der Waals surface area contributed by atoms with Crippen molar-refractivity contribution in [2.75, 3.05) is 45.2 Å². The second-order valence-corrected chi connectivity index (χ2v) is 5.52. The maximum absolute atomic E-state index is 4.66. The number of rotatable bonds is 3. The average Bonchev–Trinajstić information content (AvgIpc) is 2.73. The molecule has 20 heavy (non-hydrogen) atoms. The predicted molar refractivity (Wildman–Crippen MR) is 82.3 cm³/mol. The van der Waals surface area contributed by atoms with Gasteiger partial charge in [-0.15, -0.1) is 0 Å². The third-order valence-electron chi connectivity index (χ3n) is 3.92. The van der Waals surface area contributed by atoms with Gasteiger partial charge in [-0.3, -0.25) is 4.40 Å². The first-order chi connectivity index (χ1) is 9.78. The number of anilines is 1. The minimum absolute atomic E-state index is 0.809. The van der Waals surface area contributed by atoms with Crippen molar-refractivity contribution in [1.82, 2.24) is 19.6 Å². The van der Waals surface area contributed by atoms with E-state index in [9.17, 15) is 0 Å². The minimum Gasteiger partial charge on any atom is -0.356 e. The largest absolute Gasteiger partial charge is 0.356 e. The first-order valence-corrected chi connectivity index (χ1v) is 7.33. The van der Waals surface area contributed by atoms with Gasteiger partial charge >= 0.3 is 0 Å². The quantitative estimate of drug-likeness (QED) is 0.911. The van der Waals surface area contributed by atoms with E-state index < -0.39 is 0 Å². The van der Waals surface area contributed by atoms with Gasteiger partial charge in [0.25, 0.3) is 0 Å². The van der Waals surface area contributed by atoms with Crippen LogP contribution in [0.5, 0.6) is 0 Å². The van der Waals surface area contributed by atoms with Crippen LogP contribution < -0.4 is 10.2 Å². The molecule has 0 spiro atoms. The van der Waals surface area contributed by atoms with Crippen molar-refractivity contribution >= 4 is 11.5 Å². The Morgan fingerprint density at radius 3 is 2.95 bits per heavy atom. The smallest absolute Gasteiger partial charge is 0.138 e. The molecule has 5 heteroatoms. The van der Waals surface area contributed by atoms with Gasteiger partial charge in [0.2, 0.25) is 0 Å². The van der Waals surface area contributed by atoms with Crippen molar-refractivity contribution in [3.05, 3.63) is 30.1 Å². The summed E-state index contributed by atoms with van der Waals surface area (Å²) in [5.74, 6) is 1.26. The summed E-state index contributed by atoms with van der Waals surface area (Å²) in [6.45, 7) is 5.30. The molecule has 2 aromatic rings. The fraction of sp³-hybridized carbons (Fsp3) is 0.533. The number of hydrogen-bond donors (Lipinski definition) is 1. The number of hydrogen-bond acceptors (Lipinski definition) is 4. The summed E-state index contributed by atoms with van der Waals surface area (Å²) < 4.78 is 2.22. The summed E-state index contributed by atoms with van der Waals surface area (Å²) in [4.78, 5) is 9.54. The van der Waals surface area contributed by atoms with Crippen molar-refractivity contribution in [1.29, 1.82) is 0 Å². The van der Waals surface area contributed by atoms with Crippen LogP contribution in [-0.2, 0) is 6.54 Å². The first kappa shape index (κ1) is 13.4. The molecule has 0 unspecified atom stereocenters. The maximum atomic E-state index is 4.66. The Morgan fingerprint density at radius 1 is 1.20 bits per heavy atom. The lowest BCUT2D eigenvalue weighted by Crippen LogP contribution is -2.29. The molecule has 108 valence electrons. The highest BCUT2D eigenvalue weighted by atomic mass is 15.3. The van der Waals surface area contributed by atoms with Gasteiger partial charge in [0, 0.05) is 32.4 Å². The second-order valence-electron chi connectivity index (χ2n) is 5.52. The van der Waals surface area contributed by atoms with Crippen LogP contribution in [-0.4, -0.2) is 54.6 Å². The molecule has 3 heterocycles. The van der Waals surface area contributed by atoms with Crippen LogP contribution >= 0.6 is 0 Å². The molecule has 1 fully saturated rings. The van der Waals surface area contributed by atoms with Gasteiger partial charge in [0.1, 0.15) is 11.5 Å². The SMILES string of the molecule is CNCc1cn2c(N3CCCN(C)CC3)cccc2n1. The number of fused-ring (bicyclic) bond motifs is 1. The monoisotopic (exact) mass is 273 g/mol. The summed E-state index contributed by atoms with van der Waals surface area (Å²) in [6, 6.07) is 6.38. The molecule has 1 aliphatic rings. The van der Waals surface area contributed by atoms with Crippen molar-refractivity contribution in [3.8, 4) is 0 Å². The Morgan fingerprint density at radius 2 is 2.10 bits per heavy atom. The average molecular weight is 273 g/mol. The summed E-state index contributed by atoms with van der Waals surface area (Å²) in [5, 5.41) is 3.16. The molecule has 0 amide bonds. The maximum Gasteiger partial charge on any atom is 0.138 e. The zero-order chi connectivity index (χ0) is 13.9. The molecule has 1 saturated heterocycles. The van der Waals surface area contributed by atoms with E-state index in [1.54, 1.807) is 0 Å². The van der Waals surface area contributed by atoms with Gasteiger partial charge < -0.3 is 15.1 Å². The lowest BCUT2D eigenvalue weighted by Gasteiger charge is -2.23. The highest BCUT2D eigenvalue weighted by Gasteiger charge is 2.15. The Bertz CT molecular complexity index is 577. The van der Waals surface area contributed by atoms with Crippen LogP contribution in [0.15, 0.2) is 24.4 Å². The molecule has 0 radical (unpaired) electrons. The van der Waals surface area contributed by atoms with Crippen molar-refractivity contribution < 1.29 is 0 Å². The minimum atomic E-state index is 0.809. The molecule has 1 aliphatic heterocycles. The lowest BCUT2D eigenvalue weighted by atomic mass is 10.3. The fourth-order valence-electron chi connectivity index (χ4n) is 2.85. The standard InChI is InChI=1S/C15H23N5/c1-16-11-13-12-20-14(17-13)5-3-6-15(20)19-8-4-7-18(2)9-10-19/h3,5-6,12,16H,4,7-11H2,1-2H3. The first-order valence-electron chi connectivity index (χ1n) is 7.33. The number of aromatic nitrogens is 2. The topological polar surface area (TPSA) is 35.8 Å². The van der Waals surface area contributed by atoms with Gasteiger partial charge in [0.05, 0.1) is 5.69 Å². The van der Waals surface area contributed by atoms with Gasteiger partial charge in [0.15, 0.2) is 0 Å². The fourth-order valence-corrected chi connectivity index (χ4v) is 2.85. The molecular weight excluding hydrogens is 250 g/mol. The summed E-state index contributed by atoms with van der Waals surface area (Å²) in [7, 11) is 4.15. The van der Waals surface area contributed by atoms with Crippen LogP contribution in [0.1, 0.15) is 12.1 Å². The summed E-state index contributed by atoms with van der Waals surface area (Å²) >= 11 is 0. The van der Waals surface area contributed by atoms with Crippen LogP contribution in [0.4, 0.5) is 5.82 Å². The summed E-state index contributed by atoms with van der Waals surface area (Å²) in [5.41, 5.74) is 2.12. The number of pyridine rings is 1. The van der Waals surface area contributed by atoms with Gasteiger partial charge in [-0.05, 0) is 39.2 Å². The zero-order valence-electron chi connectivity index (χ0n) is 12.3. The Balaban J connectivity index is 1.93. The molecule has 2 aromatic heterocycles. The third-order valence-corrected chi connectivity index (χ3v) is 3.92. The molecule has 1 N–H and O–H groups in total. The van der Waals surface area contributed by atoms with E-state index in [4.69, 9.17) is 0 Å². The Hall–Kier alpha value is -1.59. The highest BCUT2D eigenvalue weighted by molar-refractivity contribution is 5.52. The van der Waals surface area contributed by atoms with E-state index in [0.29, 0.717) is 0 Å². The van der Waals surface area contributed by atoms with Crippen LogP contribution in [0.2, 0.25) is 0 Å². The molecule has 0 atom stereocenters. The van der Waals surface area contributed by atoms with Gasteiger partial charge in [-0.2, -0.15) is 0 Å². The molecular formula is C15H23N5. The number of imidazole rings is 1. The van der Waals surface area contributed by atoms with Gasteiger partial charge in [-0.1, -0.05) is 6.07 Å². The lowest BCUT2D eigenvalue weighted by molar-refractivity contribution is 0.360. The summed E-state index contributed by atoms with van der Waals surface area (Å²) in [6.07, 6.45) is 3.36. The number of likely N-dealkylation sites (N-methyl/N-ethyl adjacent to an activating group) is 1. The predicted octanol–water partition coefficient (Wildman–Crippen LogP) is 1.20. The highest BCUT2D eigenvalue weighted by Crippen LogP contribution is 2.19. The van der Waals surface area contributed by atoms with E-state index in [0.717, 1.165) is 37.5 Å². The normalized spacial score (nSPS) is 17.6. The van der Waals surface area contributed by atoms with E-state index in [1.807, 2.05) is 7.05 Å². The Labute approximate surface area is 120 Å². The number of nitrogens with zero attached hydrogens (tertiary/aromatic N) is 4. The van der Waals surface area contributed by atoms with E-state index in [-0.39, 0.29) is 0 Å². The van der Waals surface area contributed by atoms with Crippen molar-refractivity contribution in [3.63, 3.8) is 0 Å². The van der Waals surface area contributed by atoms with Crippen LogP contribution in [0.25, 0.3) is 5.65 Å². The molecule has 5 nitrogen and oxygen atoms in total. The molecule has 0 saturated carbocycles. The van der Waals surface area contributed by atoms with Crippen molar-refractivity contribution in [2.24, 2.45) is 0 Å². The van der Waals surface area contributed by atoms with Crippen LogP contribution in [0.3, 0.4) is 0 Å². The van der Waals surface area contributed by atoms with E-state index in [2.05, 4.69) is 55.9 Å². The van der Waals surface area contributed by atoms with Crippen molar-refractivity contribution in [2.45, 2.75) is 13.0 Å². The molecule has 0 aliphatic carbocycles.